The van der Waals surface area contributed by atoms with Crippen LogP contribution in [-0.4, -0.2) is 48.5 Å². The second-order valence-corrected chi connectivity index (χ2v) is 5.23. The van der Waals surface area contributed by atoms with E-state index >= 15 is 0 Å². The zero-order valence-electron chi connectivity index (χ0n) is 14.7. The Bertz CT molecular complexity index is 506. The van der Waals surface area contributed by atoms with Crippen LogP contribution < -0.4 is 14.8 Å². The van der Waals surface area contributed by atoms with Gasteiger partial charge in [-0.25, -0.2) is 9.59 Å². The van der Waals surface area contributed by atoms with Gasteiger partial charge in [-0.3, -0.25) is 0 Å². The van der Waals surface area contributed by atoms with Gasteiger partial charge >= 0.3 is 11.9 Å². The Balaban J connectivity index is 0.000000754. The molecule has 7 nitrogen and oxygen atoms in total. The van der Waals surface area contributed by atoms with Crippen LogP contribution in [0.3, 0.4) is 0 Å². The Morgan fingerprint density at radius 3 is 2.33 bits per heavy atom. The predicted molar refractivity (Wildman–Crippen MR) is 90.9 cm³/mol. The molecule has 1 unspecified atom stereocenters. The highest BCUT2D eigenvalue weighted by molar-refractivity contribution is 6.27. The molecular weight excluding hydrogens is 314 g/mol. The first-order chi connectivity index (χ1) is 11.3. The standard InChI is InChI=1S/C15H25NO2.C2H2O4/c1-5-13(3)16-9-6-10-18-14-8-7-12(2)11-15(14)17-4;3-1(4)2(5)6/h7-8,11,13,16H,5-6,9-10H2,1-4H3;(H,3,4)(H,5,6). The normalized spacial score (nSPS) is 11.0. The Morgan fingerprint density at radius 2 is 1.83 bits per heavy atom. The van der Waals surface area contributed by atoms with Gasteiger partial charge in [-0.15, -0.1) is 0 Å². The molecule has 0 fully saturated rings. The highest BCUT2D eigenvalue weighted by Crippen LogP contribution is 2.27. The summed E-state index contributed by atoms with van der Waals surface area (Å²) >= 11 is 0. The lowest BCUT2D eigenvalue weighted by atomic mass is 10.2. The molecule has 1 aromatic carbocycles. The average molecular weight is 341 g/mol. The van der Waals surface area contributed by atoms with E-state index in [4.69, 9.17) is 29.3 Å². The second kappa shape index (κ2) is 12.2. The maximum absolute atomic E-state index is 9.10. The number of aryl methyl sites for hydroxylation is 1. The van der Waals surface area contributed by atoms with Crippen molar-refractivity contribution in [3.63, 3.8) is 0 Å². The van der Waals surface area contributed by atoms with Gasteiger partial charge in [-0.2, -0.15) is 0 Å². The molecule has 1 atom stereocenters. The molecule has 0 heterocycles. The zero-order valence-corrected chi connectivity index (χ0v) is 14.7. The van der Waals surface area contributed by atoms with E-state index in [-0.39, 0.29) is 0 Å². The highest BCUT2D eigenvalue weighted by Gasteiger charge is 2.04. The van der Waals surface area contributed by atoms with Gasteiger partial charge in [-0.1, -0.05) is 13.0 Å². The van der Waals surface area contributed by atoms with Gasteiger partial charge in [0.1, 0.15) is 0 Å². The topological polar surface area (TPSA) is 105 Å². The summed E-state index contributed by atoms with van der Waals surface area (Å²) in [5.41, 5.74) is 1.18. The summed E-state index contributed by atoms with van der Waals surface area (Å²) < 4.78 is 11.0. The third-order valence-electron chi connectivity index (χ3n) is 3.19. The molecular formula is C17H27NO6. The second-order valence-electron chi connectivity index (χ2n) is 5.23. The first-order valence-electron chi connectivity index (χ1n) is 7.78. The Morgan fingerprint density at radius 1 is 1.21 bits per heavy atom. The minimum atomic E-state index is -1.82. The van der Waals surface area contributed by atoms with Crippen LogP contribution in [0.5, 0.6) is 11.5 Å². The van der Waals surface area contributed by atoms with Crippen LogP contribution in [0.1, 0.15) is 32.3 Å². The SMILES string of the molecule is CCC(C)NCCCOc1ccc(C)cc1OC.O=C(O)C(=O)O. The molecule has 0 saturated heterocycles. The van der Waals surface area contributed by atoms with E-state index in [1.807, 2.05) is 25.1 Å². The monoisotopic (exact) mass is 341 g/mol. The maximum atomic E-state index is 9.10. The van der Waals surface area contributed by atoms with E-state index in [1.54, 1.807) is 7.11 Å². The molecule has 0 bridgehead atoms. The molecule has 1 rings (SSSR count). The van der Waals surface area contributed by atoms with E-state index in [9.17, 15) is 0 Å². The van der Waals surface area contributed by atoms with E-state index in [1.165, 1.54) is 5.56 Å². The summed E-state index contributed by atoms with van der Waals surface area (Å²) in [6, 6.07) is 6.58. The molecule has 0 saturated carbocycles. The van der Waals surface area contributed by atoms with Crippen LogP contribution in [0, 0.1) is 6.92 Å². The third-order valence-corrected chi connectivity index (χ3v) is 3.19. The molecule has 0 amide bonds. The van der Waals surface area contributed by atoms with Crippen LogP contribution in [0.15, 0.2) is 18.2 Å². The van der Waals surface area contributed by atoms with Crippen molar-refractivity contribution in [2.45, 2.75) is 39.7 Å². The fraction of sp³-hybridized carbons (Fsp3) is 0.529. The van der Waals surface area contributed by atoms with Crippen LogP contribution in [0.2, 0.25) is 0 Å². The van der Waals surface area contributed by atoms with Crippen molar-refractivity contribution in [2.75, 3.05) is 20.3 Å². The fourth-order valence-electron chi connectivity index (χ4n) is 1.64. The summed E-state index contributed by atoms with van der Waals surface area (Å²) in [5.74, 6) is -2.01. The number of rotatable bonds is 8. The first-order valence-corrected chi connectivity index (χ1v) is 7.78. The van der Waals surface area contributed by atoms with Gasteiger partial charge in [0.2, 0.25) is 0 Å². The smallest absolute Gasteiger partial charge is 0.414 e. The lowest BCUT2D eigenvalue weighted by Gasteiger charge is -2.13. The van der Waals surface area contributed by atoms with Gasteiger partial charge in [0.25, 0.3) is 0 Å². The zero-order chi connectivity index (χ0) is 18.5. The number of carbonyl (C=O) groups is 2. The minimum Gasteiger partial charge on any atom is -0.493 e. The summed E-state index contributed by atoms with van der Waals surface area (Å²) in [4.78, 5) is 18.2. The molecule has 7 heteroatoms. The van der Waals surface area contributed by atoms with Crippen molar-refractivity contribution in [1.29, 1.82) is 0 Å². The van der Waals surface area contributed by atoms with Gasteiger partial charge < -0.3 is 25.0 Å². The van der Waals surface area contributed by atoms with Crippen molar-refractivity contribution in [3.8, 4) is 11.5 Å². The molecule has 0 aliphatic rings. The number of hydrogen-bond donors (Lipinski definition) is 3. The number of ether oxygens (including phenoxy) is 2. The molecule has 0 aliphatic carbocycles. The van der Waals surface area contributed by atoms with Crippen molar-refractivity contribution in [3.05, 3.63) is 23.8 Å². The fourth-order valence-corrected chi connectivity index (χ4v) is 1.64. The number of aliphatic carboxylic acids is 2. The molecule has 1 aromatic rings. The van der Waals surface area contributed by atoms with Crippen molar-refractivity contribution in [1.82, 2.24) is 5.32 Å². The van der Waals surface area contributed by atoms with Crippen LogP contribution in [0.25, 0.3) is 0 Å². The Labute approximate surface area is 142 Å². The lowest BCUT2D eigenvalue weighted by molar-refractivity contribution is -0.159. The van der Waals surface area contributed by atoms with Gasteiger partial charge in [-0.05, 0) is 50.9 Å². The molecule has 0 aromatic heterocycles. The molecule has 0 aliphatic heterocycles. The van der Waals surface area contributed by atoms with Crippen molar-refractivity contribution >= 4 is 11.9 Å². The van der Waals surface area contributed by atoms with Gasteiger partial charge in [0, 0.05) is 6.04 Å². The van der Waals surface area contributed by atoms with Crippen molar-refractivity contribution in [2.24, 2.45) is 0 Å². The van der Waals surface area contributed by atoms with E-state index in [2.05, 4.69) is 19.2 Å². The predicted octanol–water partition coefficient (Wildman–Crippen LogP) is 2.32. The average Bonchev–Trinajstić information content (AvgIpc) is 2.55. The number of hydrogen-bond acceptors (Lipinski definition) is 5. The summed E-state index contributed by atoms with van der Waals surface area (Å²) in [6.45, 7) is 8.13. The van der Waals surface area contributed by atoms with Gasteiger partial charge in [0.15, 0.2) is 11.5 Å². The molecule has 24 heavy (non-hydrogen) atoms. The Hall–Kier alpha value is -2.28. The summed E-state index contributed by atoms with van der Waals surface area (Å²) in [6.07, 6.45) is 2.16. The number of carboxylic acids is 2. The number of carboxylic acid groups (broad SMARTS) is 2. The number of nitrogens with one attached hydrogen (secondary N) is 1. The van der Waals surface area contributed by atoms with Gasteiger partial charge in [0.05, 0.1) is 13.7 Å². The molecule has 0 radical (unpaired) electrons. The molecule has 136 valence electrons. The molecule has 0 spiro atoms. The van der Waals surface area contributed by atoms with Crippen LogP contribution >= 0.6 is 0 Å². The number of methoxy groups -OCH3 is 1. The lowest BCUT2D eigenvalue weighted by Crippen LogP contribution is -2.27. The first kappa shape index (κ1) is 21.7. The van der Waals surface area contributed by atoms with Crippen molar-refractivity contribution < 1.29 is 29.3 Å². The van der Waals surface area contributed by atoms with E-state index in [0.717, 1.165) is 30.9 Å². The van der Waals surface area contributed by atoms with Crippen LogP contribution in [-0.2, 0) is 9.59 Å². The minimum absolute atomic E-state index is 0.582. The Kier molecular flexibility index (Phi) is 11.0. The van der Waals surface area contributed by atoms with E-state index < -0.39 is 11.9 Å². The summed E-state index contributed by atoms with van der Waals surface area (Å²) in [7, 11) is 1.67. The quantitative estimate of drug-likeness (QED) is 0.492. The van der Waals surface area contributed by atoms with Crippen LogP contribution in [0.4, 0.5) is 0 Å². The number of benzene rings is 1. The largest absolute Gasteiger partial charge is 0.493 e. The molecule has 3 N–H and O–H groups in total. The van der Waals surface area contributed by atoms with E-state index in [0.29, 0.717) is 12.6 Å². The third kappa shape index (κ3) is 9.68. The highest BCUT2D eigenvalue weighted by atomic mass is 16.5. The summed E-state index contributed by atoms with van der Waals surface area (Å²) in [5, 5.41) is 18.2. The maximum Gasteiger partial charge on any atom is 0.414 e.